The second-order valence-electron chi connectivity index (χ2n) is 7.41. The molecule has 2 aromatic carbocycles. The summed E-state index contributed by atoms with van der Waals surface area (Å²) in [6, 6.07) is 8.07. The maximum atomic E-state index is 13.0. The predicted molar refractivity (Wildman–Crippen MR) is 140 cm³/mol. The SMILES string of the molecule is C=CC(=O)Oc1ccc(OC(=O)/C(C)=C(\C)c2ccc(OC(=O)C=C)c(OC(=O)C=C)c2)c(OC(=O)C=C)c1. The Hall–Kier alpha value is -5.51. The molecule has 0 saturated heterocycles. The van der Waals surface area contributed by atoms with Gasteiger partial charge in [0.15, 0.2) is 23.0 Å². The summed E-state index contributed by atoms with van der Waals surface area (Å²) < 4.78 is 25.8. The van der Waals surface area contributed by atoms with E-state index in [1.165, 1.54) is 43.3 Å². The molecule has 0 unspecified atom stereocenters. The van der Waals surface area contributed by atoms with Crippen molar-refractivity contribution in [1.29, 1.82) is 0 Å². The summed E-state index contributed by atoms with van der Waals surface area (Å²) in [7, 11) is 0. The second kappa shape index (κ2) is 13.7. The number of hydrogen-bond donors (Lipinski definition) is 0. The Labute approximate surface area is 224 Å². The van der Waals surface area contributed by atoms with Gasteiger partial charge in [0.05, 0.1) is 0 Å². The van der Waals surface area contributed by atoms with Crippen molar-refractivity contribution in [3.05, 3.63) is 98.2 Å². The highest BCUT2D eigenvalue weighted by atomic mass is 16.6. The molecule has 0 aromatic heterocycles. The number of carbonyl (C=O) groups excluding carboxylic acids is 5. The number of carbonyl (C=O) groups is 5. The van der Waals surface area contributed by atoms with Gasteiger partial charge in [-0.1, -0.05) is 32.4 Å². The Balaban J connectivity index is 2.43. The lowest BCUT2D eigenvalue weighted by atomic mass is 10.0. The Morgan fingerprint density at radius 3 is 1.54 bits per heavy atom. The first-order valence-electron chi connectivity index (χ1n) is 11.1. The monoisotopic (exact) mass is 532 g/mol. The number of hydrogen-bond acceptors (Lipinski definition) is 10. The van der Waals surface area contributed by atoms with Crippen molar-refractivity contribution in [1.82, 2.24) is 0 Å². The molecule has 2 rings (SSSR count). The number of allylic oxidation sites excluding steroid dienone is 1. The number of benzene rings is 2. The van der Waals surface area contributed by atoms with Crippen LogP contribution in [0.2, 0.25) is 0 Å². The quantitative estimate of drug-likeness (QED) is 0.232. The highest BCUT2D eigenvalue weighted by molar-refractivity contribution is 5.98. The molecule has 0 aliphatic rings. The molecular formula is C29H24O10. The van der Waals surface area contributed by atoms with Crippen LogP contribution in [-0.2, 0) is 24.0 Å². The van der Waals surface area contributed by atoms with Crippen LogP contribution < -0.4 is 23.7 Å². The van der Waals surface area contributed by atoms with Crippen LogP contribution in [0.15, 0.2) is 92.6 Å². The van der Waals surface area contributed by atoms with E-state index in [1.54, 1.807) is 6.92 Å². The summed E-state index contributed by atoms with van der Waals surface area (Å²) in [5.41, 5.74) is 0.980. The molecule has 0 spiro atoms. The molecule has 0 N–H and O–H groups in total. The van der Waals surface area contributed by atoms with Crippen molar-refractivity contribution >= 4 is 35.4 Å². The van der Waals surface area contributed by atoms with Crippen molar-refractivity contribution in [2.45, 2.75) is 13.8 Å². The molecule has 0 aliphatic heterocycles. The summed E-state index contributed by atoms with van der Waals surface area (Å²) in [6.45, 7) is 16.4. The lowest BCUT2D eigenvalue weighted by molar-refractivity contribution is -0.132. The summed E-state index contributed by atoms with van der Waals surface area (Å²) in [5, 5.41) is 0. The van der Waals surface area contributed by atoms with Gasteiger partial charge >= 0.3 is 29.8 Å². The molecule has 2 aromatic rings. The van der Waals surface area contributed by atoms with Gasteiger partial charge < -0.3 is 23.7 Å². The summed E-state index contributed by atoms with van der Waals surface area (Å²) in [5.74, 6) is -4.49. The van der Waals surface area contributed by atoms with Crippen LogP contribution in [0.25, 0.3) is 5.57 Å². The molecule has 39 heavy (non-hydrogen) atoms. The van der Waals surface area contributed by atoms with Gasteiger partial charge in [0.2, 0.25) is 0 Å². The smallest absolute Gasteiger partial charge is 0.339 e. The van der Waals surface area contributed by atoms with Gasteiger partial charge in [-0.3, -0.25) is 0 Å². The van der Waals surface area contributed by atoms with Crippen LogP contribution in [0.3, 0.4) is 0 Å². The van der Waals surface area contributed by atoms with E-state index in [1.807, 2.05) is 0 Å². The van der Waals surface area contributed by atoms with Crippen LogP contribution in [0.1, 0.15) is 19.4 Å². The first kappa shape index (κ1) is 29.7. The zero-order valence-electron chi connectivity index (χ0n) is 21.2. The Bertz CT molecular complexity index is 1410. The second-order valence-corrected chi connectivity index (χ2v) is 7.41. The zero-order valence-corrected chi connectivity index (χ0v) is 21.2. The average molecular weight is 533 g/mol. The van der Waals surface area contributed by atoms with E-state index in [0.29, 0.717) is 11.1 Å². The molecule has 10 heteroatoms. The lowest BCUT2D eigenvalue weighted by Crippen LogP contribution is -2.13. The lowest BCUT2D eigenvalue weighted by Gasteiger charge is -2.14. The summed E-state index contributed by atoms with van der Waals surface area (Å²) in [6.07, 6.45) is 3.71. The molecule has 0 saturated carbocycles. The summed E-state index contributed by atoms with van der Waals surface area (Å²) >= 11 is 0. The Morgan fingerprint density at radius 2 is 1.00 bits per heavy atom. The van der Waals surface area contributed by atoms with Crippen molar-refractivity contribution in [3.8, 4) is 28.7 Å². The van der Waals surface area contributed by atoms with E-state index < -0.39 is 29.8 Å². The van der Waals surface area contributed by atoms with Gasteiger partial charge in [-0.2, -0.15) is 0 Å². The molecule has 0 heterocycles. The maximum absolute atomic E-state index is 13.0. The summed E-state index contributed by atoms with van der Waals surface area (Å²) in [4.78, 5) is 59.7. The normalized spacial score (nSPS) is 10.6. The molecule has 200 valence electrons. The molecule has 0 amide bonds. The third-order valence-electron chi connectivity index (χ3n) is 4.88. The van der Waals surface area contributed by atoms with Crippen molar-refractivity contribution in [3.63, 3.8) is 0 Å². The number of rotatable bonds is 11. The molecule has 0 bridgehead atoms. The van der Waals surface area contributed by atoms with Crippen LogP contribution >= 0.6 is 0 Å². The van der Waals surface area contributed by atoms with E-state index >= 15 is 0 Å². The Kier molecular flexibility index (Phi) is 10.4. The Morgan fingerprint density at radius 1 is 0.564 bits per heavy atom. The van der Waals surface area contributed by atoms with Crippen molar-refractivity contribution in [2.75, 3.05) is 0 Å². The molecule has 10 nitrogen and oxygen atoms in total. The first-order valence-corrected chi connectivity index (χ1v) is 11.1. The standard InChI is InChI=1S/C29H24O10/c1-7-25(30)35-20-12-14-22(24(16-20)38-28(33)10-4)39-29(34)18(6)17(5)19-11-13-21(36-26(31)8-2)23(15-19)37-27(32)9-3/h7-16H,1-4H2,5-6H3/b18-17+. The van der Waals surface area contributed by atoms with Gasteiger partial charge in [0.25, 0.3) is 0 Å². The number of ether oxygens (including phenoxy) is 5. The molecular weight excluding hydrogens is 508 g/mol. The van der Waals surface area contributed by atoms with Crippen LogP contribution in [0.5, 0.6) is 28.7 Å². The van der Waals surface area contributed by atoms with Gasteiger partial charge in [0.1, 0.15) is 5.75 Å². The fraction of sp³-hybridized carbons (Fsp3) is 0.0690. The zero-order chi connectivity index (χ0) is 29.1. The molecule has 0 atom stereocenters. The van der Waals surface area contributed by atoms with Gasteiger partial charge in [0, 0.05) is 35.9 Å². The third-order valence-corrected chi connectivity index (χ3v) is 4.88. The minimum Gasteiger partial charge on any atom is -0.423 e. The minimum absolute atomic E-state index is 0.00820. The van der Waals surface area contributed by atoms with Crippen molar-refractivity contribution in [2.24, 2.45) is 0 Å². The maximum Gasteiger partial charge on any atom is 0.339 e. The van der Waals surface area contributed by atoms with Crippen LogP contribution in [-0.4, -0.2) is 29.8 Å². The largest absolute Gasteiger partial charge is 0.423 e. The molecule has 0 fully saturated rings. The molecule has 0 radical (unpaired) electrons. The van der Waals surface area contributed by atoms with E-state index in [0.717, 1.165) is 24.3 Å². The van der Waals surface area contributed by atoms with E-state index in [4.69, 9.17) is 23.7 Å². The van der Waals surface area contributed by atoms with Gasteiger partial charge in [-0.15, -0.1) is 0 Å². The third kappa shape index (κ3) is 8.25. The fourth-order valence-electron chi connectivity index (χ4n) is 2.78. The van der Waals surface area contributed by atoms with Crippen LogP contribution in [0.4, 0.5) is 0 Å². The fourth-order valence-corrected chi connectivity index (χ4v) is 2.78. The van der Waals surface area contributed by atoms with E-state index in [-0.39, 0.29) is 34.3 Å². The highest BCUT2D eigenvalue weighted by Gasteiger charge is 2.19. The van der Waals surface area contributed by atoms with Gasteiger partial charge in [-0.05, 0) is 49.2 Å². The molecule has 0 aliphatic carbocycles. The van der Waals surface area contributed by atoms with Crippen molar-refractivity contribution < 1.29 is 47.7 Å². The topological polar surface area (TPSA) is 132 Å². The minimum atomic E-state index is -0.846. The van der Waals surface area contributed by atoms with Crippen LogP contribution in [0, 0.1) is 0 Å². The van der Waals surface area contributed by atoms with E-state index in [2.05, 4.69) is 26.3 Å². The number of esters is 5. The van der Waals surface area contributed by atoms with E-state index in [9.17, 15) is 24.0 Å². The van der Waals surface area contributed by atoms with Gasteiger partial charge in [-0.25, -0.2) is 24.0 Å². The predicted octanol–water partition coefficient (Wildman–Crippen LogP) is 4.45. The average Bonchev–Trinajstić information content (AvgIpc) is 2.93. The highest BCUT2D eigenvalue weighted by Crippen LogP contribution is 2.35. The first-order chi connectivity index (χ1) is 18.5.